The zero-order valence-corrected chi connectivity index (χ0v) is 16.7. The lowest BCUT2D eigenvalue weighted by molar-refractivity contribution is -0.125. The monoisotopic (exact) mass is 384 g/mol. The Morgan fingerprint density at radius 3 is 2.64 bits per heavy atom. The minimum Gasteiger partial charge on any atom is -0.492 e. The highest BCUT2D eigenvalue weighted by molar-refractivity contribution is 5.86. The molecule has 0 saturated carbocycles. The van der Waals surface area contributed by atoms with Crippen LogP contribution in [0.5, 0.6) is 5.75 Å². The molecule has 6 heteroatoms. The molecule has 1 fully saturated rings. The molecule has 28 heavy (non-hydrogen) atoms. The molecule has 1 N–H and O–H groups in total. The number of nitrogens with zero attached hydrogens (tertiary/aromatic N) is 1. The predicted molar refractivity (Wildman–Crippen MR) is 108 cm³/mol. The summed E-state index contributed by atoms with van der Waals surface area (Å²) in [5.74, 6) is 0.606. The number of likely N-dealkylation sites (tertiary alicyclic amines) is 1. The van der Waals surface area contributed by atoms with E-state index in [2.05, 4.69) is 11.4 Å². The van der Waals surface area contributed by atoms with E-state index in [1.54, 1.807) is 0 Å². The molecular formula is C22H28N2O4. The Morgan fingerprint density at radius 2 is 1.89 bits per heavy atom. The van der Waals surface area contributed by atoms with Crippen LogP contribution in [0.4, 0.5) is 4.79 Å². The molecule has 2 aromatic carbocycles. The van der Waals surface area contributed by atoms with Gasteiger partial charge in [-0.1, -0.05) is 30.3 Å². The number of nitrogens with one attached hydrogen (secondary N) is 1. The fourth-order valence-electron chi connectivity index (χ4n) is 3.30. The van der Waals surface area contributed by atoms with Crippen molar-refractivity contribution in [1.29, 1.82) is 0 Å². The predicted octanol–water partition coefficient (Wildman–Crippen LogP) is 3.73. The molecule has 0 spiro atoms. The van der Waals surface area contributed by atoms with Crippen LogP contribution in [0.3, 0.4) is 0 Å². The van der Waals surface area contributed by atoms with Gasteiger partial charge in [-0.05, 0) is 56.5 Å². The van der Waals surface area contributed by atoms with Gasteiger partial charge in [-0.25, -0.2) is 4.79 Å². The molecule has 1 saturated heterocycles. The van der Waals surface area contributed by atoms with Crippen LogP contribution in [0.1, 0.15) is 33.6 Å². The lowest BCUT2D eigenvalue weighted by Gasteiger charge is -2.28. The summed E-state index contributed by atoms with van der Waals surface area (Å²) in [6.45, 7) is 6.74. The third kappa shape index (κ3) is 5.15. The van der Waals surface area contributed by atoms with Gasteiger partial charge in [0, 0.05) is 6.54 Å². The summed E-state index contributed by atoms with van der Waals surface area (Å²) < 4.78 is 11.2. The number of rotatable bonds is 5. The Hall–Kier alpha value is -2.76. The van der Waals surface area contributed by atoms with Gasteiger partial charge in [0.1, 0.15) is 24.0 Å². The number of benzene rings is 2. The largest absolute Gasteiger partial charge is 0.492 e. The van der Waals surface area contributed by atoms with E-state index >= 15 is 0 Å². The maximum Gasteiger partial charge on any atom is 0.410 e. The Balaban J connectivity index is 1.47. The third-order valence-electron chi connectivity index (χ3n) is 4.57. The minimum atomic E-state index is -0.575. The summed E-state index contributed by atoms with van der Waals surface area (Å²) in [6.07, 6.45) is 1.01. The van der Waals surface area contributed by atoms with Crippen molar-refractivity contribution in [3.05, 3.63) is 42.5 Å². The molecule has 1 unspecified atom stereocenters. The van der Waals surface area contributed by atoms with E-state index in [0.717, 1.165) is 22.9 Å². The quantitative estimate of drug-likeness (QED) is 0.798. The molecule has 1 heterocycles. The van der Waals surface area contributed by atoms with E-state index in [4.69, 9.17) is 9.47 Å². The van der Waals surface area contributed by atoms with Crippen molar-refractivity contribution in [2.24, 2.45) is 0 Å². The molecule has 2 amide bonds. The number of carbonyl (C=O) groups excluding carboxylic acids is 2. The van der Waals surface area contributed by atoms with E-state index in [1.165, 1.54) is 4.90 Å². The molecule has 2 aromatic rings. The van der Waals surface area contributed by atoms with Gasteiger partial charge in [0.15, 0.2) is 0 Å². The number of amides is 2. The molecule has 6 nitrogen and oxygen atoms in total. The van der Waals surface area contributed by atoms with Crippen molar-refractivity contribution < 1.29 is 19.1 Å². The Labute approximate surface area is 165 Å². The van der Waals surface area contributed by atoms with Crippen molar-refractivity contribution >= 4 is 22.8 Å². The average Bonchev–Trinajstić information content (AvgIpc) is 3.14. The van der Waals surface area contributed by atoms with Crippen LogP contribution in [0.15, 0.2) is 42.5 Å². The van der Waals surface area contributed by atoms with Gasteiger partial charge < -0.3 is 14.8 Å². The standard InChI is InChI=1S/C22H28N2O4/c1-22(2,3)28-21(26)24-13-6-9-19(24)20(25)23-12-14-27-18-11-10-16-7-4-5-8-17(16)15-18/h4-5,7-8,10-11,15,19H,6,9,12-14H2,1-3H3,(H,23,25). The summed E-state index contributed by atoms with van der Waals surface area (Å²) >= 11 is 0. The molecule has 0 aliphatic carbocycles. The van der Waals surface area contributed by atoms with Crippen molar-refractivity contribution in [2.75, 3.05) is 19.7 Å². The van der Waals surface area contributed by atoms with Crippen LogP contribution in [0.2, 0.25) is 0 Å². The summed E-state index contributed by atoms with van der Waals surface area (Å²) in [6, 6.07) is 13.5. The van der Waals surface area contributed by atoms with E-state index in [-0.39, 0.29) is 5.91 Å². The highest BCUT2D eigenvalue weighted by Crippen LogP contribution is 2.22. The zero-order valence-electron chi connectivity index (χ0n) is 16.7. The van der Waals surface area contributed by atoms with Crippen LogP contribution < -0.4 is 10.1 Å². The first-order chi connectivity index (χ1) is 13.3. The van der Waals surface area contributed by atoms with Gasteiger partial charge in [0.25, 0.3) is 0 Å². The number of ether oxygens (including phenoxy) is 2. The molecular weight excluding hydrogens is 356 g/mol. The number of carbonyl (C=O) groups is 2. The molecule has 1 aliphatic rings. The number of hydrogen-bond donors (Lipinski definition) is 1. The molecule has 3 rings (SSSR count). The van der Waals surface area contributed by atoms with E-state index in [0.29, 0.717) is 26.1 Å². The number of fused-ring (bicyclic) bond motifs is 1. The molecule has 0 radical (unpaired) electrons. The molecule has 0 bridgehead atoms. The second-order valence-corrected chi connectivity index (χ2v) is 7.98. The van der Waals surface area contributed by atoms with Crippen LogP contribution in [0, 0.1) is 0 Å². The van der Waals surface area contributed by atoms with Crippen LogP contribution in [-0.4, -0.2) is 48.2 Å². The SMILES string of the molecule is CC(C)(C)OC(=O)N1CCCC1C(=O)NCCOc1ccc2ccccc2c1. The second-order valence-electron chi connectivity index (χ2n) is 7.98. The zero-order chi connectivity index (χ0) is 20.1. The topological polar surface area (TPSA) is 67.9 Å². The fraction of sp³-hybridized carbons (Fsp3) is 0.455. The highest BCUT2D eigenvalue weighted by atomic mass is 16.6. The van der Waals surface area contributed by atoms with Gasteiger partial charge in [0.05, 0.1) is 6.54 Å². The van der Waals surface area contributed by atoms with Crippen LogP contribution in [0.25, 0.3) is 10.8 Å². The first-order valence-corrected chi connectivity index (χ1v) is 9.72. The maximum absolute atomic E-state index is 12.5. The van der Waals surface area contributed by atoms with Crippen LogP contribution >= 0.6 is 0 Å². The molecule has 0 aromatic heterocycles. The fourth-order valence-corrected chi connectivity index (χ4v) is 3.30. The van der Waals surface area contributed by atoms with Crippen molar-refractivity contribution in [1.82, 2.24) is 10.2 Å². The number of hydrogen-bond acceptors (Lipinski definition) is 4. The third-order valence-corrected chi connectivity index (χ3v) is 4.57. The van der Waals surface area contributed by atoms with Crippen molar-refractivity contribution in [3.8, 4) is 5.75 Å². The maximum atomic E-state index is 12.5. The van der Waals surface area contributed by atoms with E-state index < -0.39 is 17.7 Å². The summed E-state index contributed by atoms with van der Waals surface area (Å²) in [5.41, 5.74) is -0.575. The first-order valence-electron chi connectivity index (χ1n) is 9.72. The lowest BCUT2D eigenvalue weighted by Crippen LogP contribution is -2.48. The van der Waals surface area contributed by atoms with Gasteiger partial charge in [-0.3, -0.25) is 9.69 Å². The van der Waals surface area contributed by atoms with Crippen molar-refractivity contribution in [2.45, 2.75) is 45.3 Å². The highest BCUT2D eigenvalue weighted by Gasteiger charge is 2.36. The van der Waals surface area contributed by atoms with Gasteiger partial charge in [-0.15, -0.1) is 0 Å². The lowest BCUT2D eigenvalue weighted by atomic mass is 10.1. The Morgan fingerprint density at radius 1 is 1.14 bits per heavy atom. The normalized spacial score (nSPS) is 16.8. The van der Waals surface area contributed by atoms with Crippen LogP contribution in [-0.2, 0) is 9.53 Å². The minimum absolute atomic E-state index is 0.162. The second kappa shape index (κ2) is 8.50. The van der Waals surface area contributed by atoms with Gasteiger partial charge >= 0.3 is 6.09 Å². The average molecular weight is 384 g/mol. The Bertz CT molecular complexity index is 844. The van der Waals surface area contributed by atoms with E-state index in [9.17, 15) is 9.59 Å². The Kier molecular flexibility index (Phi) is 6.07. The first kappa shape index (κ1) is 20.0. The van der Waals surface area contributed by atoms with Gasteiger partial charge in [0.2, 0.25) is 5.91 Å². The molecule has 1 atom stereocenters. The van der Waals surface area contributed by atoms with Gasteiger partial charge in [-0.2, -0.15) is 0 Å². The summed E-state index contributed by atoms with van der Waals surface area (Å²) in [5, 5.41) is 5.14. The smallest absolute Gasteiger partial charge is 0.410 e. The van der Waals surface area contributed by atoms with E-state index in [1.807, 2.05) is 57.2 Å². The summed E-state index contributed by atoms with van der Waals surface area (Å²) in [4.78, 5) is 26.3. The summed E-state index contributed by atoms with van der Waals surface area (Å²) in [7, 11) is 0. The molecule has 150 valence electrons. The van der Waals surface area contributed by atoms with Crippen molar-refractivity contribution in [3.63, 3.8) is 0 Å². The molecule has 1 aliphatic heterocycles.